The number of fused-ring (bicyclic) bond motifs is 1. The quantitative estimate of drug-likeness (QED) is 0.394. The summed E-state index contributed by atoms with van der Waals surface area (Å²) in [6.07, 6.45) is -4.92. The predicted molar refractivity (Wildman–Crippen MR) is 121 cm³/mol. The second kappa shape index (κ2) is 9.41. The van der Waals surface area contributed by atoms with Gasteiger partial charge < -0.3 is 14.6 Å². The molecule has 36 heavy (non-hydrogen) atoms. The molecular weight excluding hydrogens is 509 g/mol. The molecule has 0 radical (unpaired) electrons. The lowest BCUT2D eigenvalue weighted by atomic mass is 10.2. The lowest BCUT2D eigenvalue weighted by Gasteiger charge is -2.12. The number of aryl methyl sites for hydroxylation is 1. The van der Waals surface area contributed by atoms with Gasteiger partial charge in [-0.3, -0.25) is 18.7 Å². The molecule has 2 heterocycles. The Hall–Kier alpha value is -4.26. The molecule has 0 bridgehead atoms. The average molecular weight is 525 g/mol. The lowest BCUT2D eigenvalue weighted by molar-refractivity contribution is -0.274. The molecular formula is C22H16ClF3N4O6. The SMILES string of the molecule is Cn1c(=O)n(CC(=O)O)c(=O)c2c1nc(Oc1cccc(OC(F)(F)F)c1)n2Cc1ccc(Cl)cc1. The highest BCUT2D eigenvalue weighted by molar-refractivity contribution is 6.30. The van der Waals surface area contributed by atoms with Crippen molar-refractivity contribution in [3.05, 3.63) is 80.0 Å². The van der Waals surface area contributed by atoms with Crippen molar-refractivity contribution < 1.29 is 32.5 Å². The van der Waals surface area contributed by atoms with Crippen LogP contribution in [0.4, 0.5) is 13.2 Å². The maximum absolute atomic E-state index is 13.2. The van der Waals surface area contributed by atoms with E-state index in [1.165, 1.54) is 23.7 Å². The molecule has 4 rings (SSSR count). The number of aliphatic carboxylic acids is 1. The second-order valence-corrected chi connectivity index (χ2v) is 7.97. The van der Waals surface area contributed by atoms with Crippen LogP contribution in [-0.2, 0) is 24.9 Å². The summed E-state index contributed by atoms with van der Waals surface area (Å²) in [5, 5.41) is 9.61. The molecule has 2 aromatic carbocycles. The third-order valence-electron chi connectivity index (χ3n) is 4.99. The number of benzene rings is 2. The molecule has 2 aromatic heterocycles. The minimum absolute atomic E-state index is 0.0255. The van der Waals surface area contributed by atoms with Crippen molar-refractivity contribution in [2.24, 2.45) is 7.05 Å². The molecule has 0 fully saturated rings. The number of aromatic nitrogens is 4. The summed E-state index contributed by atoms with van der Waals surface area (Å²) in [7, 11) is 1.30. The number of nitrogens with zero attached hydrogens (tertiary/aromatic N) is 4. The van der Waals surface area contributed by atoms with E-state index >= 15 is 0 Å². The van der Waals surface area contributed by atoms with Gasteiger partial charge in [-0.2, -0.15) is 4.98 Å². The van der Waals surface area contributed by atoms with Gasteiger partial charge in [0.05, 0.1) is 6.54 Å². The minimum Gasteiger partial charge on any atom is -0.480 e. The Morgan fingerprint density at radius 1 is 1.08 bits per heavy atom. The Bertz CT molecular complexity index is 1570. The number of alkyl halides is 3. The summed E-state index contributed by atoms with van der Waals surface area (Å²) in [5.41, 5.74) is -1.47. The van der Waals surface area contributed by atoms with Crippen molar-refractivity contribution in [1.82, 2.24) is 18.7 Å². The van der Waals surface area contributed by atoms with Crippen molar-refractivity contribution in [3.63, 3.8) is 0 Å². The summed E-state index contributed by atoms with van der Waals surface area (Å²) < 4.78 is 50.3. The molecule has 0 aliphatic rings. The fourth-order valence-electron chi connectivity index (χ4n) is 3.46. The van der Waals surface area contributed by atoms with Gasteiger partial charge in [-0.1, -0.05) is 29.8 Å². The number of rotatable bonds is 7. The van der Waals surface area contributed by atoms with E-state index in [-0.39, 0.29) is 29.5 Å². The summed E-state index contributed by atoms with van der Waals surface area (Å²) in [6, 6.07) is 11.0. The van der Waals surface area contributed by atoms with Gasteiger partial charge in [0.15, 0.2) is 11.2 Å². The first kappa shape index (κ1) is 24.9. The first-order valence-electron chi connectivity index (χ1n) is 10.1. The van der Waals surface area contributed by atoms with Crippen molar-refractivity contribution >= 4 is 28.7 Å². The van der Waals surface area contributed by atoms with Crippen LogP contribution >= 0.6 is 11.6 Å². The number of carboxylic acid groups (broad SMARTS) is 1. The van der Waals surface area contributed by atoms with Crippen molar-refractivity contribution in [2.75, 3.05) is 0 Å². The number of imidazole rings is 1. The first-order chi connectivity index (χ1) is 16.9. The Kier molecular flexibility index (Phi) is 6.50. The van der Waals surface area contributed by atoms with Crippen LogP contribution in [0.3, 0.4) is 0 Å². The zero-order chi connectivity index (χ0) is 26.2. The van der Waals surface area contributed by atoms with Crippen LogP contribution in [0.25, 0.3) is 11.2 Å². The Morgan fingerprint density at radius 2 is 1.75 bits per heavy atom. The van der Waals surface area contributed by atoms with E-state index in [9.17, 15) is 27.6 Å². The molecule has 0 unspecified atom stereocenters. The largest absolute Gasteiger partial charge is 0.573 e. The number of ether oxygens (including phenoxy) is 2. The highest BCUT2D eigenvalue weighted by Crippen LogP contribution is 2.30. The topological polar surface area (TPSA) is 118 Å². The number of hydrogen-bond acceptors (Lipinski definition) is 6. The molecule has 0 saturated carbocycles. The normalized spacial score (nSPS) is 11.6. The van der Waals surface area contributed by atoms with Gasteiger partial charge in [0, 0.05) is 18.1 Å². The van der Waals surface area contributed by atoms with Crippen LogP contribution in [0.2, 0.25) is 5.02 Å². The third kappa shape index (κ3) is 5.20. The predicted octanol–water partition coefficient (Wildman–Crippen LogP) is 3.37. The van der Waals surface area contributed by atoms with Gasteiger partial charge in [-0.15, -0.1) is 13.2 Å². The van der Waals surface area contributed by atoms with Crippen LogP contribution in [0.1, 0.15) is 5.56 Å². The number of carboxylic acids is 1. The minimum atomic E-state index is -4.92. The molecule has 0 aliphatic heterocycles. The van der Waals surface area contributed by atoms with Gasteiger partial charge >= 0.3 is 24.0 Å². The zero-order valence-corrected chi connectivity index (χ0v) is 19.1. The maximum atomic E-state index is 13.2. The Morgan fingerprint density at radius 3 is 2.39 bits per heavy atom. The van der Waals surface area contributed by atoms with E-state index in [1.54, 1.807) is 24.3 Å². The summed E-state index contributed by atoms with van der Waals surface area (Å²) >= 11 is 5.94. The standard InChI is InChI=1S/C22H16ClF3N4O6/c1-28-18-17(19(33)30(21(28)34)11-16(31)32)29(10-12-5-7-13(23)8-6-12)20(27-18)35-14-3-2-4-15(9-14)36-22(24,25)26/h2-9H,10-11H2,1H3,(H,31,32). The van der Waals surface area contributed by atoms with Crippen molar-refractivity contribution in [2.45, 2.75) is 19.5 Å². The van der Waals surface area contributed by atoms with E-state index in [1.807, 2.05) is 0 Å². The van der Waals surface area contributed by atoms with Gasteiger partial charge in [-0.25, -0.2) is 9.36 Å². The van der Waals surface area contributed by atoms with E-state index in [0.29, 0.717) is 15.2 Å². The van der Waals surface area contributed by atoms with E-state index < -0.39 is 35.9 Å². The third-order valence-corrected chi connectivity index (χ3v) is 5.24. The second-order valence-electron chi connectivity index (χ2n) is 7.53. The Balaban J connectivity index is 1.89. The number of carbonyl (C=O) groups is 1. The van der Waals surface area contributed by atoms with E-state index in [2.05, 4.69) is 9.72 Å². The molecule has 0 spiro atoms. The maximum Gasteiger partial charge on any atom is 0.573 e. The van der Waals surface area contributed by atoms with Crippen LogP contribution in [0.15, 0.2) is 58.1 Å². The molecule has 1 N–H and O–H groups in total. The van der Waals surface area contributed by atoms with E-state index in [0.717, 1.165) is 16.7 Å². The molecule has 14 heteroatoms. The number of hydrogen-bond donors (Lipinski definition) is 1. The highest BCUT2D eigenvalue weighted by atomic mass is 35.5. The molecule has 10 nitrogen and oxygen atoms in total. The molecule has 188 valence electrons. The van der Waals surface area contributed by atoms with Crippen LogP contribution in [0, 0.1) is 0 Å². The van der Waals surface area contributed by atoms with Gasteiger partial charge in [0.25, 0.3) is 5.56 Å². The smallest absolute Gasteiger partial charge is 0.480 e. The van der Waals surface area contributed by atoms with Crippen molar-refractivity contribution in [1.29, 1.82) is 0 Å². The van der Waals surface area contributed by atoms with Gasteiger partial charge in [0.1, 0.15) is 18.0 Å². The van der Waals surface area contributed by atoms with Crippen LogP contribution in [-0.4, -0.2) is 36.1 Å². The average Bonchev–Trinajstić information content (AvgIpc) is 3.13. The van der Waals surface area contributed by atoms with Crippen LogP contribution in [0.5, 0.6) is 17.5 Å². The van der Waals surface area contributed by atoms with E-state index in [4.69, 9.17) is 21.4 Å². The zero-order valence-electron chi connectivity index (χ0n) is 18.3. The summed E-state index contributed by atoms with van der Waals surface area (Å²) in [5.74, 6) is -2.05. The van der Waals surface area contributed by atoms with Crippen molar-refractivity contribution in [3.8, 4) is 17.5 Å². The fourth-order valence-corrected chi connectivity index (χ4v) is 3.59. The monoisotopic (exact) mass is 524 g/mol. The van der Waals surface area contributed by atoms with Gasteiger partial charge in [0.2, 0.25) is 0 Å². The summed E-state index contributed by atoms with van der Waals surface area (Å²) in [4.78, 5) is 41.3. The lowest BCUT2D eigenvalue weighted by Crippen LogP contribution is -2.41. The van der Waals surface area contributed by atoms with Crippen LogP contribution < -0.4 is 20.7 Å². The molecule has 0 amide bonds. The van der Waals surface area contributed by atoms with Gasteiger partial charge in [-0.05, 0) is 29.8 Å². The molecule has 0 aliphatic carbocycles. The summed E-state index contributed by atoms with van der Waals surface area (Å²) in [6.45, 7) is -0.914. The fraction of sp³-hybridized carbons (Fsp3) is 0.182. The highest BCUT2D eigenvalue weighted by Gasteiger charge is 2.31. The molecule has 0 atom stereocenters. The Labute approximate surface area is 204 Å². The first-order valence-corrected chi connectivity index (χ1v) is 10.5. The molecule has 0 saturated heterocycles. The molecule has 4 aromatic rings. The number of halogens is 4.